The lowest BCUT2D eigenvalue weighted by Gasteiger charge is -2.35. The summed E-state index contributed by atoms with van der Waals surface area (Å²) >= 11 is 7.91. The number of nitrogens with one attached hydrogen (secondary N) is 3. The minimum absolute atomic E-state index is 0.0341. The molecule has 0 radical (unpaired) electrons. The van der Waals surface area contributed by atoms with Crippen LogP contribution in [0.25, 0.3) is 21.5 Å². The fraction of sp³-hybridized carbons (Fsp3) is 0.444. The largest absolute Gasteiger partial charge is 0.482 e. The summed E-state index contributed by atoms with van der Waals surface area (Å²) in [6.07, 6.45) is -4.59. The highest BCUT2D eigenvalue weighted by molar-refractivity contribution is 7.13. The van der Waals surface area contributed by atoms with Gasteiger partial charge in [-0.05, 0) is 53.6 Å². The molecule has 19 nitrogen and oxygen atoms in total. The summed E-state index contributed by atoms with van der Waals surface area (Å²) in [5.41, 5.74) is 10.4. The van der Waals surface area contributed by atoms with E-state index in [1.807, 2.05) is 31.2 Å². The number of fused-ring (bicyclic) bond motifs is 1. The number of benzene rings is 2. The number of hydrogen-bond donors (Lipinski definition) is 8. The van der Waals surface area contributed by atoms with Gasteiger partial charge in [-0.25, -0.2) is 15.0 Å². The van der Waals surface area contributed by atoms with Gasteiger partial charge in [-0.3, -0.25) is 19.2 Å². The van der Waals surface area contributed by atoms with E-state index in [1.165, 1.54) is 34.0 Å². The molecule has 2 saturated heterocycles. The van der Waals surface area contributed by atoms with Crippen molar-refractivity contribution in [2.45, 2.75) is 102 Å². The van der Waals surface area contributed by atoms with Crippen molar-refractivity contribution in [2.75, 3.05) is 25.4 Å². The third-order valence-electron chi connectivity index (χ3n) is 11.7. The van der Waals surface area contributed by atoms with Crippen LogP contribution in [0.5, 0.6) is 5.75 Å². The topological polar surface area (TPSA) is 277 Å². The predicted octanol–water partition coefficient (Wildman–Crippen LogP) is 2.54. The average Bonchev–Trinajstić information content (AvgIpc) is 4.08. The van der Waals surface area contributed by atoms with Crippen LogP contribution >= 0.6 is 22.9 Å². The number of aryl methyl sites for hydroxylation is 1. The molecule has 21 heteroatoms. The number of hydrogen-bond acceptors (Lipinski definition) is 15. The van der Waals surface area contributed by atoms with E-state index in [2.05, 4.69) is 30.9 Å². The SMILES string of the molecule is Cc1ncsc1-c1ccc(CNC(=O)[C@@H]2C[C@@H](O)CN2C(=O)[C@@H](NC(=O)CCCNC(=O)COc2cc([C@@H](O)[C@H]3O[C@@H](n4ccc5c(N)ncnc54)[C@H](O)[C@@H]3O)ccc2Cl)C(C)(C)C)cc1. The van der Waals surface area contributed by atoms with Crippen LogP contribution < -0.4 is 26.4 Å². The summed E-state index contributed by atoms with van der Waals surface area (Å²) in [6, 6.07) is 11.8. The van der Waals surface area contributed by atoms with Gasteiger partial charge in [0.15, 0.2) is 12.8 Å². The first kappa shape index (κ1) is 48.2. The fourth-order valence-electron chi connectivity index (χ4n) is 8.06. The first-order valence-corrected chi connectivity index (χ1v) is 22.7. The molecule has 2 aromatic carbocycles. The molecule has 4 amide bonds. The second-order valence-electron chi connectivity index (χ2n) is 17.5. The van der Waals surface area contributed by atoms with E-state index in [-0.39, 0.29) is 61.1 Å². The Balaban J connectivity index is 0.866. The first-order valence-electron chi connectivity index (χ1n) is 21.4. The molecule has 2 aliphatic rings. The van der Waals surface area contributed by atoms with E-state index >= 15 is 0 Å². The molecule has 2 fully saturated rings. The van der Waals surface area contributed by atoms with E-state index in [4.69, 9.17) is 26.8 Å². The fourth-order valence-corrected chi connectivity index (χ4v) is 9.04. The van der Waals surface area contributed by atoms with Gasteiger partial charge in [0.05, 0.1) is 32.6 Å². The first-order chi connectivity index (χ1) is 31.4. The number of likely N-dealkylation sites (tertiary alicyclic amines) is 1. The molecule has 7 rings (SSSR count). The van der Waals surface area contributed by atoms with Crippen LogP contribution in [0.1, 0.15) is 69.2 Å². The van der Waals surface area contributed by atoms with Gasteiger partial charge in [0.2, 0.25) is 17.7 Å². The normalized spacial score (nSPS) is 21.7. The number of aliphatic hydroxyl groups excluding tert-OH is 4. The van der Waals surface area contributed by atoms with E-state index < -0.39 is 84.5 Å². The number of amides is 4. The number of thiazole rings is 1. The van der Waals surface area contributed by atoms with Crippen molar-refractivity contribution >= 4 is 63.4 Å². The summed E-state index contributed by atoms with van der Waals surface area (Å²) in [5, 5.41) is 52.7. The van der Waals surface area contributed by atoms with Gasteiger partial charge >= 0.3 is 0 Å². The molecule has 8 atom stereocenters. The molecule has 9 N–H and O–H groups in total. The van der Waals surface area contributed by atoms with E-state index in [9.17, 15) is 39.6 Å². The Kier molecular flexibility index (Phi) is 14.9. The van der Waals surface area contributed by atoms with E-state index in [0.717, 1.165) is 21.7 Å². The summed E-state index contributed by atoms with van der Waals surface area (Å²) in [7, 11) is 0. The number of rotatable bonds is 16. The van der Waals surface area contributed by atoms with Gasteiger partial charge in [-0.2, -0.15) is 0 Å². The van der Waals surface area contributed by atoms with Crippen molar-refractivity contribution in [3.63, 3.8) is 0 Å². The predicted molar refractivity (Wildman–Crippen MR) is 244 cm³/mol. The molecular formula is C45H54ClN9O10S. The Morgan fingerprint density at radius 2 is 1.77 bits per heavy atom. The van der Waals surface area contributed by atoms with Crippen molar-refractivity contribution < 1.29 is 49.1 Å². The number of aromatic nitrogens is 4. The quantitative estimate of drug-likeness (QED) is 0.0661. The molecule has 0 aliphatic carbocycles. The van der Waals surface area contributed by atoms with Crippen LogP contribution in [0.3, 0.4) is 0 Å². The molecule has 0 saturated carbocycles. The second kappa shape index (κ2) is 20.4. The van der Waals surface area contributed by atoms with Crippen LogP contribution in [-0.4, -0.2) is 125 Å². The maximum absolute atomic E-state index is 14.0. The summed E-state index contributed by atoms with van der Waals surface area (Å²) in [6.45, 7) is 7.13. The molecule has 0 bridgehead atoms. The van der Waals surface area contributed by atoms with Gasteiger partial charge in [-0.1, -0.05) is 62.7 Å². The lowest BCUT2D eigenvalue weighted by Crippen LogP contribution is -2.57. The highest BCUT2D eigenvalue weighted by Crippen LogP contribution is 2.39. The number of carbonyl (C=O) groups excluding carboxylic acids is 4. The Hall–Kier alpha value is -5.74. The number of halogens is 1. The highest BCUT2D eigenvalue weighted by Gasteiger charge is 2.48. The summed E-state index contributed by atoms with van der Waals surface area (Å²) in [4.78, 5) is 68.3. The van der Waals surface area contributed by atoms with Crippen LogP contribution in [0.4, 0.5) is 5.82 Å². The lowest BCUT2D eigenvalue weighted by molar-refractivity contribution is -0.144. The monoisotopic (exact) mass is 947 g/mol. The Labute approximate surface area is 389 Å². The standard InChI is InChI=1S/C45H54ClN9O10S/c1-23-38(66-22-52-23)25-9-7-24(8-10-25)18-49-42(62)30-17-27(56)19-55(30)43(63)39(45(2,3)4)53-32(57)6-5-14-48-33(58)20-64-31-16-26(11-12-29(31)46)34(59)37-35(60)36(61)44(65-37)54-15-13-28-40(47)50-21-51-41(28)54/h7-13,15-16,21-22,27,30,34-37,39,44,56,59-61H,5-6,14,17-20H2,1-4H3,(H,48,58)(H,49,62)(H,53,57)(H2,47,50,51)/t27-,30+,34-,35+,36-,37-,39-,44-/m1/s1. The molecule has 5 aromatic rings. The number of β-amino-alcohol motifs (C(OH)–C–C–N with tert-alkyl or cyclic N) is 1. The average molecular weight is 949 g/mol. The van der Waals surface area contributed by atoms with Gasteiger partial charge < -0.3 is 61.1 Å². The van der Waals surface area contributed by atoms with Crippen LogP contribution in [0.2, 0.25) is 5.02 Å². The van der Waals surface area contributed by atoms with Crippen molar-refractivity contribution in [3.05, 3.63) is 88.4 Å². The van der Waals surface area contributed by atoms with Crippen LogP contribution in [0.15, 0.2) is 66.6 Å². The third kappa shape index (κ3) is 10.8. The smallest absolute Gasteiger partial charge is 0.257 e. The zero-order chi connectivity index (χ0) is 47.4. The minimum atomic E-state index is -1.50. The van der Waals surface area contributed by atoms with Gasteiger partial charge in [0, 0.05) is 38.7 Å². The number of carbonyl (C=O) groups is 4. The number of ether oxygens (including phenoxy) is 2. The Morgan fingerprint density at radius 3 is 2.48 bits per heavy atom. The highest BCUT2D eigenvalue weighted by atomic mass is 35.5. The summed E-state index contributed by atoms with van der Waals surface area (Å²) < 4.78 is 13.1. The number of nitrogen functional groups attached to an aromatic ring is 1. The molecule has 0 spiro atoms. The maximum atomic E-state index is 14.0. The number of aliphatic hydroxyl groups is 4. The third-order valence-corrected chi connectivity index (χ3v) is 13.0. The van der Waals surface area contributed by atoms with Crippen molar-refractivity contribution in [1.82, 2.24) is 40.4 Å². The molecular weight excluding hydrogens is 894 g/mol. The van der Waals surface area contributed by atoms with E-state index in [1.54, 1.807) is 49.9 Å². The number of nitrogens with two attached hydrogens (primary N) is 1. The second-order valence-corrected chi connectivity index (χ2v) is 18.8. The van der Waals surface area contributed by atoms with E-state index in [0.29, 0.717) is 11.0 Å². The molecule has 66 heavy (non-hydrogen) atoms. The summed E-state index contributed by atoms with van der Waals surface area (Å²) in [5.74, 6) is -1.57. The van der Waals surface area contributed by atoms with Gasteiger partial charge in [0.25, 0.3) is 5.91 Å². The molecule has 2 aliphatic heterocycles. The lowest BCUT2D eigenvalue weighted by atomic mass is 9.85. The van der Waals surface area contributed by atoms with Gasteiger partial charge in [-0.15, -0.1) is 11.3 Å². The Bertz CT molecular complexity index is 2550. The van der Waals surface area contributed by atoms with Crippen LogP contribution in [0, 0.1) is 12.3 Å². The maximum Gasteiger partial charge on any atom is 0.257 e. The Morgan fingerprint density at radius 1 is 1.02 bits per heavy atom. The number of anilines is 1. The minimum Gasteiger partial charge on any atom is -0.482 e. The van der Waals surface area contributed by atoms with Crippen molar-refractivity contribution in [2.24, 2.45) is 5.41 Å². The van der Waals surface area contributed by atoms with Crippen LogP contribution in [-0.2, 0) is 30.5 Å². The molecule has 0 unspecified atom stereocenters. The zero-order valence-corrected chi connectivity index (χ0v) is 38.3. The van der Waals surface area contributed by atoms with Crippen molar-refractivity contribution in [3.8, 4) is 16.2 Å². The number of nitrogens with zero attached hydrogens (tertiary/aromatic N) is 5. The zero-order valence-electron chi connectivity index (χ0n) is 36.8. The molecule has 352 valence electrons. The molecule has 5 heterocycles. The molecule has 3 aromatic heterocycles. The van der Waals surface area contributed by atoms with Gasteiger partial charge in [0.1, 0.15) is 60.0 Å². The van der Waals surface area contributed by atoms with Crippen molar-refractivity contribution in [1.29, 1.82) is 0 Å².